The number of carbonyl (C=O) groups is 1. The topological polar surface area (TPSA) is 67.3 Å². The molecule has 1 unspecified atom stereocenters. The Kier molecular flexibility index (Phi) is 4.18. The fraction of sp³-hybridized carbons (Fsp3) is 0.467. The summed E-state index contributed by atoms with van der Waals surface area (Å²) in [6.45, 7) is 0. The number of para-hydroxylation sites is 1. The van der Waals surface area contributed by atoms with E-state index in [1.165, 1.54) is 0 Å². The molecule has 1 fully saturated rings. The van der Waals surface area contributed by atoms with Crippen LogP contribution < -0.4 is 0 Å². The fourth-order valence-electron chi connectivity index (χ4n) is 2.70. The highest BCUT2D eigenvalue weighted by molar-refractivity contribution is 7.91. The van der Waals surface area contributed by atoms with E-state index in [9.17, 15) is 13.2 Å². The number of rotatable bonds is 4. The molecule has 0 N–H and O–H groups in total. The summed E-state index contributed by atoms with van der Waals surface area (Å²) >= 11 is 1.61. The molecule has 0 spiro atoms. The first kappa shape index (κ1) is 15.4. The summed E-state index contributed by atoms with van der Waals surface area (Å²) in [6.07, 6.45) is 1.51. The summed E-state index contributed by atoms with van der Waals surface area (Å²) in [5, 5.41) is 0.946. The largest absolute Gasteiger partial charge is 0.342 e. The molecular formula is C15H18N2O3S2. The normalized spacial score (nSPS) is 20.3. The van der Waals surface area contributed by atoms with Crippen molar-refractivity contribution in [2.45, 2.75) is 25.3 Å². The van der Waals surface area contributed by atoms with Crippen molar-refractivity contribution in [3.63, 3.8) is 0 Å². The Morgan fingerprint density at radius 2 is 2.18 bits per heavy atom. The lowest BCUT2D eigenvalue weighted by Gasteiger charge is -2.23. The van der Waals surface area contributed by atoms with Gasteiger partial charge in [-0.1, -0.05) is 12.1 Å². The molecule has 0 saturated carbocycles. The SMILES string of the molecule is CN(C(=O)CCc1nc2ccccc2s1)C1CCS(=O)(=O)C1. The van der Waals surface area contributed by atoms with Crippen molar-refractivity contribution in [1.29, 1.82) is 0 Å². The monoisotopic (exact) mass is 338 g/mol. The highest BCUT2D eigenvalue weighted by atomic mass is 32.2. The maximum Gasteiger partial charge on any atom is 0.223 e. The van der Waals surface area contributed by atoms with Crippen molar-refractivity contribution in [2.24, 2.45) is 0 Å². The van der Waals surface area contributed by atoms with Gasteiger partial charge in [-0.15, -0.1) is 11.3 Å². The van der Waals surface area contributed by atoms with Gasteiger partial charge in [0.1, 0.15) is 0 Å². The molecule has 3 rings (SSSR count). The summed E-state index contributed by atoms with van der Waals surface area (Å²) in [7, 11) is -1.26. The standard InChI is InChI=1S/C15H18N2O3S2/c1-17(11-8-9-22(19,20)10-11)15(18)7-6-14-16-12-4-2-3-5-13(12)21-14/h2-5,11H,6-10H2,1H3. The lowest BCUT2D eigenvalue weighted by Crippen LogP contribution is -2.37. The van der Waals surface area contributed by atoms with Gasteiger partial charge in [-0.05, 0) is 18.6 Å². The van der Waals surface area contributed by atoms with Crippen LogP contribution in [0, 0.1) is 0 Å². The summed E-state index contributed by atoms with van der Waals surface area (Å²) in [6, 6.07) is 7.74. The molecule has 0 radical (unpaired) electrons. The predicted octanol–water partition coefficient (Wildman–Crippen LogP) is 1.87. The average Bonchev–Trinajstić information content (AvgIpc) is 3.06. The molecule has 0 bridgehead atoms. The van der Waals surface area contributed by atoms with Gasteiger partial charge in [0.15, 0.2) is 9.84 Å². The van der Waals surface area contributed by atoms with Crippen molar-refractivity contribution in [3.8, 4) is 0 Å². The molecule has 1 aromatic carbocycles. The van der Waals surface area contributed by atoms with Crippen molar-refractivity contribution in [2.75, 3.05) is 18.6 Å². The molecular weight excluding hydrogens is 320 g/mol. The number of nitrogens with zero attached hydrogens (tertiary/aromatic N) is 2. The second-order valence-corrected chi connectivity index (χ2v) is 8.98. The highest BCUT2D eigenvalue weighted by Gasteiger charge is 2.32. The number of amides is 1. The van der Waals surface area contributed by atoms with Gasteiger partial charge in [0, 0.05) is 25.9 Å². The van der Waals surface area contributed by atoms with Crippen LogP contribution in [0.4, 0.5) is 0 Å². The number of benzene rings is 1. The Morgan fingerprint density at radius 1 is 1.41 bits per heavy atom. The quantitative estimate of drug-likeness (QED) is 0.853. The average molecular weight is 338 g/mol. The zero-order valence-electron chi connectivity index (χ0n) is 12.4. The Labute approximate surface area is 133 Å². The molecule has 5 nitrogen and oxygen atoms in total. The Balaban J connectivity index is 1.60. The van der Waals surface area contributed by atoms with Gasteiger partial charge in [0.25, 0.3) is 0 Å². The Hall–Kier alpha value is -1.47. The summed E-state index contributed by atoms with van der Waals surface area (Å²) in [5.41, 5.74) is 0.963. The molecule has 1 aliphatic rings. The van der Waals surface area contributed by atoms with E-state index in [2.05, 4.69) is 4.98 Å². The maximum absolute atomic E-state index is 12.2. The number of fused-ring (bicyclic) bond motifs is 1. The van der Waals surface area contributed by atoms with Gasteiger partial charge in [0.2, 0.25) is 5.91 Å². The van der Waals surface area contributed by atoms with Crippen LogP contribution in [-0.4, -0.2) is 48.8 Å². The summed E-state index contributed by atoms with van der Waals surface area (Å²) < 4.78 is 24.1. The van der Waals surface area contributed by atoms with Crippen LogP contribution in [0.5, 0.6) is 0 Å². The molecule has 2 heterocycles. The first-order chi connectivity index (χ1) is 10.4. The maximum atomic E-state index is 12.2. The third-order valence-electron chi connectivity index (χ3n) is 4.04. The van der Waals surface area contributed by atoms with Crippen LogP contribution in [0.2, 0.25) is 0 Å². The molecule has 7 heteroatoms. The molecule has 22 heavy (non-hydrogen) atoms. The van der Waals surface area contributed by atoms with Gasteiger partial charge in [-0.2, -0.15) is 0 Å². The van der Waals surface area contributed by atoms with Crippen molar-refractivity contribution >= 4 is 37.3 Å². The summed E-state index contributed by atoms with van der Waals surface area (Å²) in [4.78, 5) is 18.3. The van der Waals surface area contributed by atoms with Crippen LogP contribution >= 0.6 is 11.3 Å². The van der Waals surface area contributed by atoms with E-state index in [0.717, 1.165) is 15.2 Å². The predicted molar refractivity (Wildman–Crippen MR) is 87.8 cm³/mol. The van der Waals surface area contributed by atoms with Crippen LogP contribution in [0.1, 0.15) is 17.8 Å². The molecule has 1 amide bonds. The van der Waals surface area contributed by atoms with Crippen molar-refractivity contribution < 1.29 is 13.2 Å². The van der Waals surface area contributed by atoms with Gasteiger partial charge in [-0.3, -0.25) is 4.79 Å². The molecule has 118 valence electrons. The van der Waals surface area contributed by atoms with Crippen LogP contribution in [0.25, 0.3) is 10.2 Å². The number of aromatic nitrogens is 1. The zero-order valence-corrected chi connectivity index (χ0v) is 14.0. The molecule has 1 aromatic heterocycles. The number of aryl methyl sites for hydroxylation is 1. The smallest absolute Gasteiger partial charge is 0.223 e. The molecule has 2 aromatic rings. The second-order valence-electron chi connectivity index (χ2n) is 5.64. The van der Waals surface area contributed by atoms with Crippen LogP contribution in [0.3, 0.4) is 0 Å². The number of thiazole rings is 1. The summed E-state index contributed by atoms with van der Waals surface area (Å²) in [5.74, 6) is 0.269. The Bertz CT molecular complexity index is 765. The number of carbonyl (C=O) groups excluding carboxylic acids is 1. The number of sulfone groups is 1. The van der Waals surface area contributed by atoms with E-state index in [4.69, 9.17) is 0 Å². The third kappa shape index (κ3) is 3.30. The fourth-order valence-corrected chi connectivity index (χ4v) is 5.44. The first-order valence-corrected chi connectivity index (χ1v) is 9.89. The second kappa shape index (κ2) is 5.96. The number of hydrogen-bond donors (Lipinski definition) is 0. The van der Waals surface area contributed by atoms with Crippen molar-refractivity contribution in [3.05, 3.63) is 29.3 Å². The van der Waals surface area contributed by atoms with Crippen LogP contribution in [0.15, 0.2) is 24.3 Å². The van der Waals surface area contributed by atoms with Gasteiger partial charge in [-0.25, -0.2) is 13.4 Å². The lowest BCUT2D eigenvalue weighted by atomic mass is 10.2. The van der Waals surface area contributed by atoms with Crippen molar-refractivity contribution in [1.82, 2.24) is 9.88 Å². The van der Waals surface area contributed by atoms with E-state index >= 15 is 0 Å². The number of hydrogen-bond acceptors (Lipinski definition) is 5. The van der Waals surface area contributed by atoms with E-state index in [1.54, 1.807) is 23.3 Å². The highest BCUT2D eigenvalue weighted by Crippen LogP contribution is 2.23. The minimum absolute atomic E-state index is 0.0126. The van der Waals surface area contributed by atoms with Gasteiger partial charge in [0.05, 0.1) is 26.7 Å². The van der Waals surface area contributed by atoms with Gasteiger partial charge < -0.3 is 4.90 Å². The molecule has 1 saturated heterocycles. The minimum atomic E-state index is -2.96. The van der Waals surface area contributed by atoms with E-state index in [1.807, 2.05) is 24.3 Å². The van der Waals surface area contributed by atoms with Crippen LogP contribution in [-0.2, 0) is 21.1 Å². The van der Waals surface area contributed by atoms with E-state index in [0.29, 0.717) is 19.3 Å². The Morgan fingerprint density at radius 3 is 2.86 bits per heavy atom. The molecule has 1 atom stereocenters. The first-order valence-electron chi connectivity index (χ1n) is 7.25. The van der Waals surface area contributed by atoms with E-state index < -0.39 is 9.84 Å². The lowest BCUT2D eigenvalue weighted by molar-refractivity contribution is -0.131. The van der Waals surface area contributed by atoms with E-state index in [-0.39, 0.29) is 23.5 Å². The third-order valence-corrected chi connectivity index (χ3v) is 6.89. The molecule has 0 aliphatic carbocycles. The minimum Gasteiger partial charge on any atom is -0.342 e. The zero-order chi connectivity index (χ0) is 15.7. The van der Waals surface area contributed by atoms with Gasteiger partial charge >= 0.3 is 0 Å². The molecule has 1 aliphatic heterocycles.